The van der Waals surface area contributed by atoms with Crippen LogP contribution >= 0.6 is 0 Å². The first-order valence-corrected chi connectivity index (χ1v) is 10.6. The Labute approximate surface area is 183 Å². The lowest BCUT2D eigenvalue weighted by Crippen LogP contribution is -2.88. The van der Waals surface area contributed by atoms with Crippen LogP contribution in [0.4, 0.5) is 0 Å². The standard InChI is InChI=1S/C26H28N2O3/c1-18(20-9-5-4-6-10-20)28-25(21-11-7-8-12-22(21)26(28)29)27-16-15-19-13-14-23(30-2)24(17-19)31-3/h4-14,17-18,25,27H,15-16H2,1-3H3/p+1/t18-,25-/m0/s1. The maximum Gasteiger partial charge on any atom is 0.259 e. The van der Waals surface area contributed by atoms with Crippen molar-refractivity contribution in [1.29, 1.82) is 0 Å². The number of fused-ring (bicyclic) bond motifs is 1. The minimum atomic E-state index is -0.0425. The number of benzene rings is 3. The Bertz CT molecular complexity index is 1050. The number of carbonyl (C=O) groups is 1. The molecule has 0 saturated heterocycles. The molecule has 3 aromatic rings. The Hall–Kier alpha value is -3.31. The second kappa shape index (κ2) is 9.23. The molecule has 0 aliphatic carbocycles. The van der Waals surface area contributed by atoms with Crippen LogP contribution in [-0.4, -0.2) is 31.6 Å². The zero-order valence-corrected chi connectivity index (χ0v) is 18.2. The van der Waals surface area contributed by atoms with E-state index in [0.29, 0.717) is 0 Å². The van der Waals surface area contributed by atoms with Crippen molar-refractivity contribution in [3.05, 3.63) is 95.1 Å². The molecule has 31 heavy (non-hydrogen) atoms. The minimum absolute atomic E-state index is 0.0107. The molecular weight excluding hydrogens is 388 g/mol. The number of amides is 1. The van der Waals surface area contributed by atoms with Crippen molar-refractivity contribution in [2.24, 2.45) is 0 Å². The van der Waals surface area contributed by atoms with Gasteiger partial charge in [-0.1, -0.05) is 54.6 Å². The average molecular weight is 418 g/mol. The molecule has 0 spiro atoms. The van der Waals surface area contributed by atoms with Crippen molar-refractivity contribution in [1.82, 2.24) is 4.90 Å². The van der Waals surface area contributed by atoms with E-state index in [4.69, 9.17) is 9.47 Å². The number of nitrogens with two attached hydrogens (primary N) is 1. The summed E-state index contributed by atoms with van der Waals surface area (Å²) < 4.78 is 10.8. The van der Waals surface area contributed by atoms with Gasteiger partial charge in [-0.05, 0) is 36.2 Å². The quantitative estimate of drug-likeness (QED) is 0.608. The van der Waals surface area contributed by atoms with Crippen LogP contribution in [-0.2, 0) is 6.42 Å². The Morgan fingerprint density at radius 2 is 1.65 bits per heavy atom. The molecule has 0 radical (unpaired) electrons. The lowest BCUT2D eigenvalue weighted by molar-refractivity contribution is -0.712. The number of hydrogen-bond acceptors (Lipinski definition) is 3. The lowest BCUT2D eigenvalue weighted by Gasteiger charge is -2.29. The second-order valence-corrected chi connectivity index (χ2v) is 7.79. The van der Waals surface area contributed by atoms with E-state index in [0.717, 1.165) is 41.2 Å². The van der Waals surface area contributed by atoms with Gasteiger partial charge < -0.3 is 14.8 Å². The lowest BCUT2D eigenvalue weighted by atomic mass is 10.1. The molecule has 0 saturated carbocycles. The third-order valence-electron chi connectivity index (χ3n) is 6.01. The van der Waals surface area contributed by atoms with Gasteiger partial charge in [-0.15, -0.1) is 0 Å². The predicted octanol–water partition coefficient (Wildman–Crippen LogP) is 3.73. The fourth-order valence-corrected chi connectivity index (χ4v) is 4.36. The molecule has 160 valence electrons. The number of ether oxygens (including phenoxy) is 2. The summed E-state index contributed by atoms with van der Waals surface area (Å²) in [5.41, 5.74) is 4.20. The van der Waals surface area contributed by atoms with E-state index in [9.17, 15) is 4.79 Å². The summed E-state index contributed by atoms with van der Waals surface area (Å²) in [7, 11) is 3.29. The highest BCUT2D eigenvalue weighted by Crippen LogP contribution is 2.36. The normalized spacial score (nSPS) is 16.2. The second-order valence-electron chi connectivity index (χ2n) is 7.79. The number of hydrogen-bond donors (Lipinski definition) is 1. The summed E-state index contributed by atoms with van der Waals surface area (Å²) >= 11 is 0. The Kier molecular flexibility index (Phi) is 6.23. The summed E-state index contributed by atoms with van der Waals surface area (Å²) in [6.07, 6.45) is 0.819. The molecule has 0 unspecified atom stereocenters. The number of methoxy groups -OCH3 is 2. The van der Waals surface area contributed by atoms with Crippen molar-refractivity contribution in [2.45, 2.75) is 25.6 Å². The smallest absolute Gasteiger partial charge is 0.259 e. The highest BCUT2D eigenvalue weighted by Gasteiger charge is 2.41. The number of rotatable bonds is 8. The molecule has 1 heterocycles. The number of carbonyl (C=O) groups excluding carboxylic acids is 1. The van der Waals surface area contributed by atoms with Gasteiger partial charge in [0.05, 0.1) is 32.4 Å². The predicted molar refractivity (Wildman–Crippen MR) is 120 cm³/mol. The molecule has 1 amide bonds. The highest BCUT2D eigenvalue weighted by molar-refractivity contribution is 5.99. The van der Waals surface area contributed by atoms with E-state index in [1.165, 1.54) is 5.56 Å². The van der Waals surface area contributed by atoms with Gasteiger partial charge in [0.15, 0.2) is 17.7 Å². The van der Waals surface area contributed by atoms with Crippen LogP contribution in [0, 0.1) is 0 Å². The summed E-state index contributed by atoms with van der Waals surface area (Å²) in [6, 6.07) is 24.2. The first-order chi connectivity index (χ1) is 15.1. The van der Waals surface area contributed by atoms with Crippen LogP contribution in [0.25, 0.3) is 0 Å². The molecule has 2 N–H and O–H groups in total. The van der Waals surface area contributed by atoms with E-state index < -0.39 is 0 Å². The largest absolute Gasteiger partial charge is 0.493 e. The van der Waals surface area contributed by atoms with Gasteiger partial charge in [-0.2, -0.15) is 0 Å². The topological polar surface area (TPSA) is 55.4 Å². The van der Waals surface area contributed by atoms with Gasteiger partial charge in [0.25, 0.3) is 5.91 Å². The Morgan fingerprint density at radius 1 is 0.935 bits per heavy atom. The van der Waals surface area contributed by atoms with Crippen molar-refractivity contribution in [3.63, 3.8) is 0 Å². The van der Waals surface area contributed by atoms with Crippen LogP contribution < -0.4 is 14.8 Å². The van der Waals surface area contributed by atoms with E-state index >= 15 is 0 Å². The van der Waals surface area contributed by atoms with Gasteiger partial charge in [0, 0.05) is 12.0 Å². The van der Waals surface area contributed by atoms with Gasteiger partial charge in [-0.3, -0.25) is 9.69 Å². The fourth-order valence-electron chi connectivity index (χ4n) is 4.36. The fraction of sp³-hybridized carbons (Fsp3) is 0.269. The van der Waals surface area contributed by atoms with Crippen molar-refractivity contribution < 1.29 is 19.6 Å². The van der Waals surface area contributed by atoms with Crippen LogP contribution in [0.2, 0.25) is 0 Å². The molecule has 0 bridgehead atoms. The van der Waals surface area contributed by atoms with E-state index in [1.54, 1.807) is 14.2 Å². The maximum absolute atomic E-state index is 13.3. The van der Waals surface area contributed by atoms with Gasteiger partial charge in [-0.25, -0.2) is 0 Å². The molecule has 5 nitrogen and oxygen atoms in total. The maximum atomic E-state index is 13.3. The minimum Gasteiger partial charge on any atom is -0.493 e. The zero-order valence-electron chi connectivity index (χ0n) is 18.2. The Morgan fingerprint density at radius 3 is 2.39 bits per heavy atom. The molecule has 1 aliphatic heterocycles. The third kappa shape index (κ3) is 4.14. The van der Waals surface area contributed by atoms with E-state index in [2.05, 4.69) is 36.5 Å². The summed E-state index contributed by atoms with van der Waals surface area (Å²) in [4.78, 5) is 15.3. The summed E-state index contributed by atoms with van der Waals surface area (Å²) in [5, 5.41) is 2.26. The molecule has 3 aromatic carbocycles. The van der Waals surface area contributed by atoms with Gasteiger partial charge >= 0.3 is 0 Å². The molecule has 0 fully saturated rings. The average Bonchev–Trinajstić information content (AvgIpc) is 3.10. The molecule has 1 aliphatic rings. The van der Waals surface area contributed by atoms with Crippen molar-refractivity contribution >= 4 is 5.91 Å². The molecular formula is C26H29N2O3+. The van der Waals surface area contributed by atoms with Crippen LogP contribution in [0.3, 0.4) is 0 Å². The van der Waals surface area contributed by atoms with Crippen molar-refractivity contribution in [3.8, 4) is 11.5 Å². The van der Waals surface area contributed by atoms with Crippen LogP contribution in [0.1, 0.15) is 46.2 Å². The van der Waals surface area contributed by atoms with E-state index in [1.807, 2.05) is 53.4 Å². The number of nitrogens with zero attached hydrogens (tertiary/aromatic N) is 1. The number of quaternary nitrogens is 1. The molecule has 4 rings (SSSR count). The first-order valence-electron chi connectivity index (χ1n) is 10.6. The molecule has 5 heteroatoms. The Balaban J connectivity index is 1.54. The molecule has 2 atom stereocenters. The third-order valence-corrected chi connectivity index (χ3v) is 6.01. The van der Waals surface area contributed by atoms with Crippen LogP contribution in [0.15, 0.2) is 72.8 Å². The van der Waals surface area contributed by atoms with Crippen molar-refractivity contribution in [2.75, 3.05) is 20.8 Å². The van der Waals surface area contributed by atoms with E-state index in [-0.39, 0.29) is 18.1 Å². The summed E-state index contributed by atoms with van der Waals surface area (Å²) in [5.74, 6) is 1.56. The highest BCUT2D eigenvalue weighted by atomic mass is 16.5. The zero-order chi connectivity index (χ0) is 21.8. The SMILES string of the molecule is COc1ccc(CC[NH2+][C@@H]2c3ccccc3C(=O)N2[C@@H](C)c2ccccc2)cc1OC. The monoisotopic (exact) mass is 417 g/mol. The van der Waals surface area contributed by atoms with Gasteiger partial charge in [0.2, 0.25) is 0 Å². The molecule has 0 aromatic heterocycles. The van der Waals surface area contributed by atoms with Gasteiger partial charge in [0.1, 0.15) is 0 Å². The van der Waals surface area contributed by atoms with Crippen LogP contribution in [0.5, 0.6) is 11.5 Å². The first kappa shape index (κ1) is 20.9. The summed E-state index contributed by atoms with van der Waals surface area (Å²) in [6.45, 7) is 2.95.